The molecule has 1 fully saturated rings. The molecule has 3 nitrogen and oxygen atoms in total. The number of halogens is 1. The Labute approximate surface area is 106 Å². The first kappa shape index (κ1) is 11.7. The Kier molecular flexibility index (Phi) is 2.82. The van der Waals surface area contributed by atoms with Crippen molar-refractivity contribution in [2.75, 3.05) is 6.54 Å². The summed E-state index contributed by atoms with van der Waals surface area (Å²) in [5.74, 6) is 1.33. The van der Waals surface area contributed by atoms with E-state index in [0.29, 0.717) is 12.0 Å². The maximum atomic E-state index is 13.4. The SMILES string of the molecule is CCn1c(C2CCNC2C)nc2ccc(F)cc21. The maximum absolute atomic E-state index is 13.4. The van der Waals surface area contributed by atoms with Gasteiger partial charge in [-0.15, -0.1) is 0 Å². The lowest BCUT2D eigenvalue weighted by atomic mass is 10.0. The maximum Gasteiger partial charge on any atom is 0.125 e. The summed E-state index contributed by atoms with van der Waals surface area (Å²) in [6.07, 6.45) is 1.10. The summed E-state index contributed by atoms with van der Waals surface area (Å²) >= 11 is 0. The second-order valence-corrected chi connectivity index (χ2v) is 4.99. The quantitative estimate of drug-likeness (QED) is 0.884. The van der Waals surface area contributed by atoms with Gasteiger partial charge in [0.25, 0.3) is 0 Å². The van der Waals surface area contributed by atoms with Crippen molar-refractivity contribution >= 4 is 11.0 Å². The van der Waals surface area contributed by atoms with E-state index in [-0.39, 0.29) is 5.82 Å². The molecular weight excluding hydrogens is 229 g/mol. The Hall–Kier alpha value is -1.42. The molecular formula is C14H18FN3. The molecule has 0 spiro atoms. The predicted octanol–water partition coefficient (Wildman–Crippen LogP) is 2.66. The first-order chi connectivity index (χ1) is 8.70. The largest absolute Gasteiger partial charge is 0.328 e. The Morgan fingerprint density at radius 2 is 2.33 bits per heavy atom. The molecule has 2 heterocycles. The van der Waals surface area contributed by atoms with Crippen LogP contribution in [0.4, 0.5) is 4.39 Å². The lowest BCUT2D eigenvalue weighted by Crippen LogP contribution is -2.23. The van der Waals surface area contributed by atoms with E-state index in [4.69, 9.17) is 4.98 Å². The van der Waals surface area contributed by atoms with Gasteiger partial charge in [0.15, 0.2) is 0 Å². The predicted molar refractivity (Wildman–Crippen MR) is 70.2 cm³/mol. The van der Waals surface area contributed by atoms with Gasteiger partial charge in [0.2, 0.25) is 0 Å². The van der Waals surface area contributed by atoms with Crippen LogP contribution in [0.25, 0.3) is 11.0 Å². The second kappa shape index (κ2) is 4.35. The fourth-order valence-electron chi connectivity index (χ4n) is 2.94. The number of imidazole rings is 1. The van der Waals surface area contributed by atoms with E-state index in [1.807, 2.05) is 0 Å². The number of aromatic nitrogens is 2. The highest BCUT2D eigenvalue weighted by Gasteiger charge is 2.29. The first-order valence-corrected chi connectivity index (χ1v) is 6.59. The monoisotopic (exact) mass is 247 g/mol. The van der Waals surface area contributed by atoms with Crippen LogP contribution in [0.3, 0.4) is 0 Å². The molecule has 0 saturated carbocycles. The number of nitrogens with one attached hydrogen (secondary N) is 1. The number of hydrogen-bond acceptors (Lipinski definition) is 2. The highest BCUT2D eigenvalue weighted by molar-refractivity contribution is 5.76. The van der Waals surface area contributed by atoms with Crippen LogP contribution in [0.5, 0.6) is 0 Å². The molecule has 1 aromatic heterocycles. The average molecular weight is 247 g/mol. The Balaban J connectivity index is 2.16. The van der Waals surface area contributed by atoms with Gasteiger partial charge in [-0.25, -0.2) is 9.37 Å². The lowest BCUT2D eigenvalue weighted by molar-refractivity contribution is 0.542. The number of fused-ring (bicyclic) bond motifs is 1. The van der Waals surface area contributed by atoms with Crippen LogP contribution in [0.2, 0.25) is 0 Å². The van der Waals surface area contributed by atoms with Gasteiger partial charge in [-0.05, 0) is 45.0 Å². The van der Waals surface area contributed by atoms with Gasteiger partial charge in [0.05, 0.1) is 11.0 Å². The molecule has 3 rings (SSSR count). The summed E-state index contributed by atoms with van der Waals surface area (Å²) in [5.41, 5.74) is 1.80. The minimum Gasteiger partial charge on any atom is -0.328 e. The average Bonchev–Trinajstić information content (AvgIpc) is 2.91. The molecule has 1 saturated heterocycles. The van der Waals surface area contributed by atoms with Gasteiger partial charge in [-0.1, -0.05) is 0 Å². The third-order valence-corrected chi connectivity index (χ3v) is 3.91. The lowest BCUT2D eigenvalue weighted by Gasteiger charge is -2.16. The first-order valence-electron chi connectivity index (χ1n) is 6.59. The smallest absolute Gasteiger partial charge is 0.125 e. The minimum atomic E-state index is -0.193. The summed E-state index contributed by atoms with van der Waals surface area (Å²) in [7, 11) is 0. The van der Waals surface area contributed by atoms with Crippen molar-refractivity contribution in [3.63, 3.8) is 0 Å². The zero-order valence-electron chi connectivity index (χ0n) is 10.8. The van der Waals surface area contributed by atoms with Crippen LogP contribution in [-0.4, -0.2) is 22.1 Å². The van der Waals surface area contributed by atoms with Crippen LogP contribution in [0.1, 0.15) is 32.0 Å². The van der Waals surface area contributed by atoms with Crippen LogP contribution in [0.15, 0.2) is 18.2 Å². The van der Waals surface area contributed by atoms with Crippen LogP contribution in [0, 0.1) is 5.82 Å². The number of rotatable bonds is 2. The molecule has 1 N–H and O–H groups in total. The van der Waals surface area contributed by atoms with Crippen molar-refractivity contribution in [3.8, 4) is 0 Å². The third kappa shape index (κ3) is 1.72. The van der Waals surface area contributed by atoms with E-state index in [1.165, 1.54) is 6.07 Å². The molecule has 0 aliphatic carbocycles. The number of aryl methyl sites for hydroxylation is 1. The molecule has 2 aromatic rings. The second-order valence-electron chi connectivity index (χ2n) is 4.99. The standard InChI is InChI=1S/C14H18FN3/c1-3-18-13-8-10(15)4-5-12(13)17-14(18)11-6-7-16-9(11)2/h4-5,8-9,11,16H,3,6-7H2,1-2H3. The third-order valence-electron chi connectivity index (χ3n) is 3.91. The van der Waals surface area contributed by atoms with Crippen LogP contribution >= 0.6 is 0 Å². The zero-order chi connectivity index (χ0) is 12.7. The van der Waals surface area contributed by atoms with Gasteiger partial charge in [-0.3, -0.25) is 0 Å². The Bertz CT molecular complexity index is 576. The van der Waals surface area contributed by atoms with Gasteiger partial charge < -0.3 is 9.88 Å². The summed E-state index contributed by atoms with van der Waals surface area (Å²) < 4.78 is 15.5. The van der Waals surface area contributed by atoms with E-state index >= 15 is 0 Å². The van der Waals surface area contributed by atoms with Crippen molar-refractivity contribution in [3.05, 3.63) is 29.8 Å². The van der Waals surface area contributed by atoms with E-state index in [9.17, 15) is 4.39 Å². The van der Waals surface area contributed by atoms with Crippen molar-refractivity contribution < 1.29 is 4.39 Å². The van der Waals surface area contributed by atoms with Crippen molar-refractivity contribution in [2.24, 2.45) is 0 Å². The van der Waals surface area contributed by atoms with Crippen LogP contribution in [-0.2, 0) is 6.54 Å². The summed E-state index contributed by atoms with van der Waals surface area (Å²) in [4.78, 5) is 4.71. The number of nitrogens with zero attached hydrogens (tertiary/aromatic N) is 2. The van der Waals surface area contributed by atoms with Gasteiger partial charge in [0.1, 0.15) is 11.6 Å². The molecule has 1 aromatic carbocycles. The number of benzene rings is 1. The summed E-state index contributed by atoms with van der Waals surface area (Å²) in [6.45, 7) is 6.14. The normalized spacial score (nSPS) is 23.9. The fourth-order valence-corrected chi connectivity index (χ4v) is 2.94. The molecule has 0 radical (unpaired) electrons. The Morgan fingerprint density at radius 3 is 3.00 bits per heavy atom. The van der Waals surface area contributed by atoms with Crippen molar-refractivity contribution in [2.45, 2.75) is 38.8 Å². The topological polar surface area (TPSA) is 29.9 Å². The van der Waals surface area contributed by atoms with Gasteiger partial charge in [-0.2, -0.15) is 0 Å². The molecule has 18 heavy (non-hydrogen) atoms. The van der Waals surface area contributed by atoms with Crippen molar-refractivity contribution in [1.29, 1.82) is 0 Å². The van der Waals surface area contributed by atoms with Crippen molar-refractivity contribution in [1.82, 2.24) is 14.9 Å². The fraction of sp³-hybridized carbons (Fsp3) is 0.500. The zero-order valence-corrected chi connectivity index (χ0v) is 10.8. The van der Waals surface area contributed by atoms with E-state index in [2.05, 4.69) is 23.7 Å². The highest BCUT2D eigenvalue weighted by Crippen LogP contribution is 2.30. The number of hydrogen-bond donors (Lipinski definition) is 1. The Morgan fingerprint density at radius 1 is 1.50 bits per heavy atom. The van der Waals surface area contributed by atoms with E-state index in [1.54, 1.807) is 12.1 Å². The summed E-state index contributed by atoms with van der Waals surface area (Å²) in [5, 5.41) is 3.45. The molecule has 0 amide bonds. The van der Waals surface area contributed by atoms with Crippen LogP contribution < -0.4 is 5.32 Å². The van der Waals surface area contributed by atoms with E-state index in [0.717, 1.165) is 36.4 Å². The molecule has 1 aliphatic heterocycles. The molecule has 1 aliphatic rings. The van der Waals surface area contributed by atoms with E-state index < -0.39 is 0 Å². The molecule has 4 heteroatoms. The molecule has 96 valence electrons. The van der Waals surface area contributed by atoms with Gasteiger partial charge >= 0.3 is 0 Å². The molecule has 2 unspecified atom stereocenters. The minimum absolute atomic E-state index is 0.193. The summed E-state index contributed by atoms with van der Waals surface area (Å²) in [6, 6.07) is 5.28. The molecule has 0 bridgehead atoms. The highest BCUT2D eigenvalue weighted by atomic mass is 19.1. The van der Waals surface area contributed by atoms with Gasteiger partial charge in [0, 0.05) is 18.5 Å². The molecule has 2 atom stereocenters.